The molecule has 0 unspecified atom stereocenters. The number of para-hydroxylation sites is 2. The molecule has 2 amide bonds. The highest BCUT2D eigenvalue weighted by Crippen LogP contribution is 2.31. The third kappa shape index (κ3) is 4.11. The predicted octanol–water partition coefficient (Wildman–Crippen LogP) is 3.19. The van der Waals surface area contributed by atoms with Gasteiger partial charge in [-0.1, -0.05) is 42.0 Å². The largest absolute Gasteiger partial charge is 0.324 e. The summed E-state index contributed by atoms with van der Waals surface area (Å²) in [4.78, 5) is 28.9. The molecule has 0 saturated heterocycles. The van der Waals surface area contributed by atoms with Crippen molar-refractivity contribution in [3.8, 4) is 0 Å². The van der Waals surface area contributed by atoms with Crippen LogP contribution in [0.25, 0.3) is 0 Å². The van der Waals surface area contributed by atoms with Crippen molar-refractivity contribution in [2.45, 2.75) is 32.9 Å². The molecule has 1 N–H and O–H groups in total. The van der Waals surface area contributed by atoms with Crippen molar-refractivity contribution < 1.29 is 9.59 Å². The first-order chi connectivity index (χ1) is 12.4. The average molecular weight is 351 g/mol. The van der Waals surface area contributed by atoms with E-state index in [0.29, 0.717) is 25.2 Å². The van der Waals surface area contributed by atoms with Crippen molar-refractivity contribution >= 4 is 23.2 Å². The molecular weight excluding hydrogens is 326 g/mol. The predicted molar refractivity (Wildman–Crippen MR) is 104 cm³/mol. The maximum Gasteiger partial charge on any atom is 0.241 e. The monoisotopic (exact) mass is 351 g/mol. The van der Waals surface area contributed by atoms with Gasteiger partial charge in [-0.25, -0.2) is 0 Å². The summed E-state index contributed by atoms with van der Waals surface area (Å²) in [5, 5.41) is 2.89. The molecule has 0 aromatic heterocycles. The van der Waals surface area contributed by atoms with Gasteiger partial charge in [0.25, 0.3) is 0 Å². The summed E-state index contributed by atoms with van der Waals surface area (Å²) >= 11 is 0. The summed E-state index contributed by atoms with van der Waals surface area (Å²) in [5.41, 5.74) is 3.85. The summed E-state index contributed by atoms with van der Waals surface area (Å²) in [6, 6.07) is 15.6. The smallest absolute Gasteiger partial charge is 0.241 e. The molecule has 1 aliphatic heterocycles. The molecule has 0 bridgehead atoms. The number of hydrogen-bond donors (Lipinski definition) is 1. The molecule has 2 aromatic carbocycles. The number of carbonyl (C=O) groups is 2. The SMILES string of the molecule is Cc1cccc(CN(C)CC(=O)N2c3ccccc3NC(=O)C[C@@H]2C)c1. The van der Waals surface area contributed by atoms with Crippen LogP contribution in [-0.2, 0) is 16.1 Å². The first-order valence-corrected chi connectivity index (χ1v) is 8.89. The highest BCUT2D eigenvalue weighted by Gasteiger charge is 2.29. The number of nitrogens with one attached hydrogen (secondary N) is 1. The lowest BCUT2D eigenvalue weighted by Crippen LogP contribution is -2.44. The zero-order chi connectivity index (χ0) is 18.7. The van der Waals surface area contributed by atoms with Gasteiger partial charge in [-0.15, -0.1) is 0 Å². The van der Waals surface area contributed by atoms with E-state index < -0.39 is 0 Å². The maximum atomic E-state index is 13.0. The van der Waals surface area contributed by atoms with Crippen LogP contribution in [0.5, 0.6) is 0 Å². The van der Waals surface area contributed by atoms with E-state index in [1.54, 1.807) is 4.90 Å². The molecule has 1 atom stereocenters. The Morgan fingerprint density at radius 2 is 2.00 bits per heavy atom. The molecule has 0 spiro atoms. The molecule has 1 aliphatic rings. The second-order valence-electron chi connectivity index (χ2n) is 7.04. The fraction of sp³-hybridized carbons (Fsp3) is 0.333. The number of anilines is 2. The van der Waals surface area contributed by atoms with Crippen LogP contribution in [0.4, 0.5) is 11.4 Å². The van der Waals surface area contributed by atoms with Gasteiger partial charge in [0.05, 0.1) is 17.9 Å². The number of benzene rings is 2. The summed E-state index contributed by atoms with van der Waals surface area (Å²) in [6.07, 6.45) is 0.294. The number of hydrogen-bond acceptors (Lipinski definition) is 3. The molecule has 5 nitrogen and oxygen atoms in total. The third-order valence-corrected chi connectivity index (χ3v) is 4.57. The molecule has 0 aliphatic carbocycles. The minimum atomic E-state index is -0.182. The van der Waals surface area contributed by atoms with Crippen molar-refractivity contribution in [3.63, 3.8) is 0 Å². The van der Waals surface area contributed by atoms with Gasteiger partial charge >= 0.3 is 0 Å². The van der Waals surface area contributed by atoms with Crippen LogP contribution in [0, 0.1) is 6.92 Å². The van der Waals surface area contributed by atoms with Crippen LogP contribution < -0.4 is 10.2 Å². The van der Waals surface area contributed by atoms with Crippen molar-refractivity contribution in [1.82, 2.24) is 4.90 Å². The van der Waals surface area contributed by atoms with Crippen molar-refractivity contribution in [2.75, 3.05) is 23.8 Å². The lowest BCUT2D eigenvalue weighted by molar-refractivity contribution is -0.120. The van der Waals surface area contributed by atoms with Gasteiger partial charge in [0.15, 0.2) is 0 Å². The number of aryl methyl sites for hydroxylation is 1. The number of carbonyl (C=O) groups excluding carboxylic acids is 2. The Labute approximate surface area is 154 Å². The molecule has 0 radical (unpaired) electrons. The zero-order valence-corrected chi connectivity index (χ0v) is 15.5. The van der Waals surface area contributed by atoms with Gasteiger partial charge in [-0.3, -0.25) is 14.5 Å². The van der Waals surface area contributed by atoms with Gasteiger partial charge in [-0.2, -0.15) is 0 Å². The van der Waals surface area contributed by atoms with E-state index in [2.05, 4.69) is 30.4 Å². The third-order valence-electron chi connectivity index (χ3n) is 4.57. The fourth-order valence-electron chi connectivity index (χ4n) is 3.45. The normalized spacial score (nSPS) is 16.8. The summed E-state index contributed by atoms with van der Waals surface area (Å²) in [5.74, 6) is -0.0648. The number of nitrogens with zero attached hydrogens (tertiary/aromatic N) is 2. The molecule has 0 fully saturated rings. The minimum absolute atomic E-state index is 0.00315. The van der Waals surface area contributed by atoms with E-state index in [9.17, 15) is 9.59 Å². The van der Waals surface area contributed by atoms with Crippen molar-refractivity contribution in [3.05, 3.63) is 59.7 Å². The Morgan fingerprint density at radius 1 is 1.23 bits per heavy atom. The Balaban J connectivity index is 1.76. The van der Waals surface area contributed by atoms with E-state index in [1.807, 2.05) is 49.2 Å². The van der Waals surface area contributed by atoms with Crippen LogP contribution in [0.1, 0.15) is 24.5 Å². The Hall–Kier alpha value is -2.66. The molecule has 26 heavy (non-hydrogen) atoms. The fourth-order valence-corrected chi connectivity index (χ4v) is 3.45. The lowest BCUT2D eigenvalue weighted by Gasteiger charge is -2.29. The number of likely N-dealkylation sites (N-methyl/N-ethyl adjacent to an activating group) is 1. The number of fused-ring (bicyclic) bond motifs is 1. The highest BCUT2D eigenvalue weighted by atomic mass is 16.2. The highest BCUT2D eigenvalue weighted by molar-refractivity contribution is 6.04. The molecule has 5 heteroatoms. The van der Waals surface area contributed by atoms with Gasteiger partial charge in [0.1, 0.15) is 0 Å². The zero-order valence-electron chi connectivity index (χ0n) is 15.5. The molecule has 0 saturated carbocycles. The summed E-state index contributed by atoms with van der Waals surface area (Å²) in [6.45, 7) is 4.98. The molecule has 1 heterocycles. The van der Waals surface area contributed by atoms with Crippen LogP contribution in [0.3, 0.4) is 0 Å². The first-order valence-electron chi connectivity index (χ1n) is 8.89. The first kappa shape index (κ1) is 18.1. The van der Waals surface area contributed by atoms with E-state index in [1.165, 1.54) is 11.1 Å². The van der Waals surface area contributed by atoms with E-state index in [-0.39, 0.29) is 17.9 Å². The summed E-state index contributed by atoms with van der Waals surface area (Å²) < 4.78 is 0. The summed E-state index contributed by atoms with van der Waals surface area (Å²) in [7, 11) is 1.94. The van der Waals surface area contributed by atoms with Gasteiger partial charge < -0.3 is 10.2 Å². The average Bonchev–Trinajstić information content (AvgIpc) is 2.68. The van der Waals surface area contributed by atoms with E-state index in [0.717, 1.165) is 5.69 Å². The number of rotatable bonds is 4. The topological polar surface area (TPSA) is 52.7 Å². The molecule has 136 valence electrons. The Morgan fingerprint density at radius 3 is 2.77 bits per heavy atom. The Kier molecular flexibility index (Phi) is 5.38. The van der Waals surface area contributed by atoms with E-state index in [4.69, 9.17) is 0 Å². The van der Waals surface area contributed by atoms with Crippen molar-refractivity contribution in [1.29, 1.82) is 0 Å². The second kappa shape index (κ2) is 7.70. The number of amides is 2. The standard InChI is InChI=1S/C21H25N3O2/c1-15-7-6-8-17(11-15)13-23(3)14-21(26)24-16(2)12-20(25)22-18-9-4-5-10-19(18)24/h4-11,16H,12-14H2,1-3H3,(H,22,25)/t16-/m0/s1. The molecule has 2 aromatic rings. The molecule has 3 rings (SSSR count). The minimum Gasteiger partial charge on any atom is -0.324 e. The van der Waals surface area contributed by atoms with Crippen LogP contribution in [0.2, 0.25) is 0 Å². The van der Waals surface area contributed by atoms with Crippen LogP contribution >= 0.6 is 0 Å². The van der Waals surface area contributed by atoms with Crippen LogP contribution in [-0.4, -0.2) is 36.3 Å². The van der Waals surface area contributed by atoms with E-state index >= 15 is 0 Å². The molecular formula is C21H25N3O2. The Bertz CT molecular complexity index is 818. The second-order valence-corrected chi connectivity index (χ2v) is 7.04. The lowest BCUT2D eigenvalue weighted by atomic mass is 10.1. The van der Waals surface area contributed by atoms with Gasteiger partial charge in [0, 0.05) is 19.0 Å². The maximum absolute atomic E-state index is 13.0. The van der Waals surface area contributed by atoms with Crippen LogP contribution in [0.15, 0.2) is 48.5 Å². The van der Waals surface area contributed by atoms with Crippen molar-refractivity contribution in [2.24, 2.45) is 0 Å². The van der Waals surface area contributed by atoms with Gasteiger partial charge in [0.2, 0.25) is 11.8 Å². The quantitative estimate of drug-likeness (QED) is 0.920. The van der Waals surface area contributed by atoms with Gasteiger partial charge in [-0.05, 0) is 38.6 Å².